The van der Waals surface area contributed by atoms with Crippen molar-refractivity contribution in [3.63, 3.8) is 0 Å². The van der Waals surface area contributed by atoms with E-state index in [0.29, 0.717) is 6.54 Å². The van der Waals surface area contributed by atoms with Gasteiger partial charge in [0.05, 0.1) is 10.5 Å². The number of piperidine rings is 1. The molecule has 8 heteroatoms. The summed E-state index contributed by atoms with van der Waals surface area (Å²) in [5, 5.41) is 11.9. The Morgan fingerprint density at radius 1 is 1.50 bits per heavy atom. The Morgan fingerprint density at radius 3 is 2.44 bits per heavy atom. The molecule has 1 rings (SSSR count). The largest absolute Gasteiger partial charge is 0.409 e. The maximum absolute atomic E-state index is 11.1. The summed E-state index contributed by atoms with van der Waals surface area (Å²) < 4.78 is 21.9. The first-order valence-corrected chi connectivity index (χ1v) is 9.05. The molecule has 0 unspecified atom stereocenters. The molecule has 3 N–H and O–H groups in total. The molecule has 0 radical (unpaired) electrons. The lowest BCUT2D eigenvalue weighted by Crippen LogP contribution is -2.50. The minimum Gasteiger partial charge on any atom is -0.409 e. The molecule has 1 heterocycles. The minimum atomic E-state index is -2.91. The molecule has 0 bridgehead atoms. The maximum Gasteiger partial charge on any atom is 0.155 e. The van der Waals surface area contributed by atoms with E-state index in [9.17, 15) is 8.42 Å². The molecule has 1 saturated heterocycles. The van der Waals surface area contributed by atoms with E-state index < -0.39 is 9.84 Å². The summed E-state index contributed by atoms with van der Waals surface area (Å²) in [6.07, 6.45) is 4.74. The van der Waals surface area contributed by atoms with Crippen LogP contribution in [0.4, 0.5) is 0 Å². The van der Waals surface area contributed by atoms with Crippen LogP contribution in [0.3, 0.4) is 0 Å². The smallest absolute Gasteiger partial charge is 0.155 e. The summed E-state index contributed by atoms with van der Waals surface area (Å²) in [5.41, 5.74) is 5.75. The molecule has 0 aromatic carbocycles. The second kappa shape index (κ2) is 6.12. The van der Waals surface area contributed by atoms with Crippen LogP contribution < -0.4 is 5.73 Å². The zero-order valence-corrected chi connectivity index (χ0v) is 12.4. The van der Waals surface area contributed by atoms with E-state index in [2.05, 4.69) is 10.1 Å². The van der Waals surface area contributed by atoms with Crippen LogP contribution in [0, 0.1) is 0 Å². The monoisotopic (exact) mass is 295 g/mol. The standard InChI is InChI=1S/C10H21N3O3S2/c1-17-10(9(11)12-14)3-5-13(6-4-10)7-8-18(2,15)16/h14H,3-8H2,1-2H3,(H2,11,12). The van der Waals surface area contributed by atoms with E-state index in [0.717, 1.165) is 25.9 Å². The zero-order valence-electron chi connectivity index (χ0n) is 10.8. The van der Waals surface area contributed by atoms with Gasteiger partial charge in [0.2, 0.25) is 0 Å². The number of rotatable bonds is 5. The minimum absolute atomic E-state index is 0.183. The van der Waals surface area contributed by atoms with Crippen molar-refractivity contribution in [3.8, 4) is 0 Å². The number of nitrogens with zero attached hydrogens (tertiary/aromatic N) is 2. The van der Waals surface area contributed by atoms with Gasteiger partial charge in [-0.15, -0.1) is 0 Å². The Labute approximate surface area is 113 Å². The number of oxime groups is 1. The fourth-order valence-corrected chi connectivity index (χ4v) is 3.52. The molecule has 0 aromatic heterocycles. The summed E-state index contributed by atoms with van der Waals surface area (Å²) >= 11 is 1.59. The Bertz CT molecular complexity index is 401. The molecule has 0 saturated carbocycles. The molecule has 18 heavy (non-hydrogen) atoms. The summed E-state index contributed by atoms with van der Waals surface area (Å²) in [5.74, 6) is 0.445. The first-order valence-electron chi connectivity index (χ1n) is 5.76. The van der Waals surface area contributed by atoms with Crippen LogP contribution in [0.15, 0.2) is 5.16 Å². The molecule has 0 aliphatic carbocycles. The molecule has 106 valence electrons. The van der Waals surface area contributed by atoms with Gasteiger partial charge in [-0.1, -0.05) is 5.16 Å². The highest BCUT2D eigenvalue weighted by Gasteiger charge is 2.38. The fraction of sp³-hybridized carbons (Fsp3) is 0.900. The van der Waals surface area contributed by atoms with Crippen molar-refractivity contribution in [2.75, 3.05) is 37.9 Å². The van der Waals surface area contributed by atoms with Gasteiger partial charge in [-0.25, -0.2) is 8.42 Å². The zero-order chi connectivity index (χ0) is 13.8. The molecule has 0 aromatic rings. The topological polar surface area (TPSA) is 96.0 Å². The van der Waals surface area contributed by atoms with Gasteiger partial charge in [0.15, 0.2) is 5.84 Å². The van der Waals surface area contributed by atoms with Crippen LogP contribution in [-0.4, -0.2) is 67.0 Å². The number of hydrogen-bond acceptors (Lipinski definition) is 6. The lowest BCUT2D eigenvalue weighted by molar-refractivity contribution is 0.228. The highest BCUT2D eigenvalue weighted by molar-refractivity contribution is 8.00. The van der Waals surface area contributed by atoms with Crippen molar-refractivity contribution in [1.29, 1.82) is 0 Å². The molecule has 1 aliphatic heterocycles. The van der Waals surface area contributed by atoms with Gasteiger partial charge in [-0.3, -0.25) is 0 Å². The molecule has 1 aliphatic rings. The van der Waals surface area contributed by atoms with Gasteiger partial charge < -0.3 is 15.8 Å². The Hall–Kier alpha value is -0.470. The van der Waals surface area contributed by atoms with E-state index in [1.165, 1.54) is 6.26 Å². The van der Waals surface area contributed by atoms with E-state index in [1.54, 1.807) is 11.8 Å². The van der Waals surface area contributed by atoms with Crippen molar-refractivity contribution in [2.45, 2.75) is 17.6 Å². The van der Waals surface area contributed by atoms with Crippen LogP contribution in [0.25, 0.3) is 0 Å². The van der Waals surface area contributed by atoms with E-state index in [4.69, 9.17) is 10.9 Å². The van der Waals surface area contributed by atoms with E-state index >= 15 is 0 Å². The van der Waals surface area contributed by atoms with Crippen molar-refractivity contribution in [1.82, 2.24) is 4.90 Å². The van der Waals surface area contributed by atoms with Crippen molar-refractivity contribution < 1.29 is 13.6 Å². The van der Waals surface area contributed by atoms with Gasteiger partial charge >= 0.3 is 0 Å². The number of thioether (sulfide) groups is 1. The average molecular weight is 295 g/mol. The first kappa shape index (κ1) is 15.6. The van der Waals surface area contributed by atoms with E-state index in [1.807, 2.05) is 6.26 Å². The fourth-order valence-electron chi connectivity index (χ4n) is 2.09. The summed E-state index contributed by atoms with van der Waals surface area (Å²) in [6, 6.07) is 0. The van der Waals surface area contributed by atoms with Gasteiger partial charge in [0.25, 0.3) is 0 Å². The number of hydrogen-bond donors (Lipinski definition) is 2. The maximum atomic E-state index is 11.1. The Kier molecular flexibility index (Phi) is 5.30. The summed E-state index contributed by atoms with van der Waals surface area (Å²) in [6.45, 7) is 2.10. The second-order valence-corrected chi connectivity index (χ2v) is 8.10. The summed E-state index contributed by atoms with van der Waals surface area (Å²) in [7, 11) is -2.91. The molecule has 0 atom stereocenters. The lowest BCUT2D eigenvalue weighted by atomic mass is 9.94. The Morgan fingerprint density at radius 2 is 2.06 bits per heavy atom. The molecular weight excluding hydrogens is 274 g/mol. The van der Waals surface area contributed by atoms with Gasteiger partial charge in [0.1, 0.15) is 9.84 Å². The first-order chi connectivity index (χ1) is 8.33. The third-order valence-electron chi connectivity index (χ3n) is 3.41. The molecule has 1 fully saturated rings. The third kappa shape index (κ3) is 4.03. The predicted octanol–water partition coefficient (Wildman–Crippen LogP) is -0.0250. The van der Waals surface area contributed by atoms with Crippen LogP contribution in [-0.2, 0) is 9.84 Å². The van der Waals surface area contributed by atoms with Crippen molar-refractivity contribution in [3.05, 3.63) is 0 Å². The highest BCUT2D eigenvalue weighted by atomic mass is 32.2. The molecular formula is C10H21N3O3S2. The summed E-state index contributed by atoms with van der Waals surface area (Å²) in [4.78, 5) is 2.11. The normalized spacial score (nSPS) is 22.0. The number of amidine groups is 1. The lowest BCUT2D eigenvalue weighted by Gasteiger charge is -2.39. The van der Waals surface area contributed by atoms with Gasteiger partial charge in [-0.05, 0) is 32.2 Å². The average Bonchev–Trinajstić information content (AvgIpc) is 2.35. The molecule has 6 nitrogen and oxygen atoms in total. The quantitative estimate of drug-likeness (QED) is 0.320. The van der Waals surface area contributed by atoms with Gasteiger partial charge in [-0.2, -0.15) is 11.8 Å². The Balaban J connectivity index is 2.54. The number of nitrogens with two attached hydrogens (primary N) is 1. The van der Waals surface area contributed by atoms with Gasteiger partial charge in [0, 0.05) is 12.8 Å². The van der Waals surface area contributed by atoms with Crippen molar-refractivity contribution >= 4 is 27.4 Å². The van der Waals surface area contributed by atoms with Crippen LogP contribution in [0.1, 0.15) is 12.8 Å². The van der Waals surface area contributed by atoms with E-state index in [-0.39, 0.29) is 16.3 Å². The van der Waals surface area contributed by atoms with Crippen molar-refractivity contribution in [2.24, 2.45) is 10.9 Å². The second-order valence-electron chi connectivity index (χ2n) is 4.66. The number of likely N-dealkylation sites (tertiary alicyclic amines) is 1. The van der Waals surface area contributed by atoms with Crippen LogP contribution in [0.5, 0.6) is 0 Å². The highest BCUT2D eigenvalue weighted by Crippen LogP contribution is 2.34. The molecule has 0 spiro atoms. The van der Waals surface area contributed by atoms with Crippen LogP contribution in [0.2, 0.25) is 0 Å². The predicted molar refractivity (Wildman–Crippen MR) is 75.0 cm³/mol. The molecule has 0 amide bonds. The third-order valence-corrected chi connectivity index (χ3v) is 5.73. The number of sulfone groups is 1. The van der Waals surface area contributed by atoms with Crippen LogP contribution >= 0.6 is 11.8 Å². The SMILES string of the molecule is CSC1(C(N)=NO)CCN(CCS(C)(=O)=O)CC1.